The van der Waals surface area contributed by atoms with Crippen molar-refractivity contribution in [3.8, 4) is 17.2 Å². The largest absolute Gasteiger partial charge is 0.488 e. The van der Waals surface area contributed by atoms with Crippen LogP contribution in [0.2, 0.25) is 0 Å². The van der Waals surface area contributed by atoms with Crippen molar-refractivity contribution in [1.82, 2.24) is 9.80 Å². The van der Waals surface area contributed by atoms with E-state index in [4.69, 9.17) is 9.47 Å². The van der Waals surface area contributed by atoms with E-state index >= 15 is 0 Å². The molecule has 9 nitrogen and oxygen atoms in total. The molecule has 1 heterocycles. The topological polar surface area (TPSA) is 103 Å². The fourth-order valence-electron chi connectivity index (χ4n) is 5.73. The number of nitrogens with one attached hydrogen (secondary N) is 2. The number of ether oxygens (including phenoxy) is 2. The zero-order valence-electron chi connectivity index (χ0n) is 28.1. The SMILES string of the molecule is C[C@@H]1CN([C@H](C)CO)C(=O)Cc2cc(NC(=O)Nc3ccc(C(F)(F)F)cc3)ccc2O[C@H]1CN(C)Cc1ccc(Oc2ccccc2)cc1. The van der Waals surface area contributed by atoms with Gasteiger partial charge in [-0.15, -0.1) is 0 Å². The summed E-state index contributed by atoms with van der Waals surface area (Å²) in [6.07, 6.45) is -4.84. The maximum Gasteiger partial charge on any atom is 0.416 e. The lowest BCUT2D eigenvalue weighted by atomic mass is 10.0. The highest BCUT2D eigenvalue weighted by Gasteiger charge is 2.32. The minimum Gasteiger partial charge on any atom is -0.488 e. The maximum absolute atomic E-state index is 13.6. The van der Waals surface area contributed by atoms with Crippen molar-refractivity contribution in [3.63, 3.8) is 0 Å². The van der Waals surface area contributed by atoms with Gasteiger partial charge in [0.1, 0.15) is 23.4 Å². The Morgan fingerprint density at radius 3 is 2.28 bits per heavy atom. The number of hydrogen-bond donors (Lipinski definition) is 3. The summed E-state index contributed by atoms with van der Waals surface area (Å²) in [6, 6.07) is 25.5. The molecule has 5 rings (SSSR count). The molecule has 0 radical (unpaired) electrons. The highest BCUT2D eigenvalue weighted by atomic mass is 19.4. The molecular formula is C38H41F3N4O5. The van der Waals surface area contributed by atoms with Gasteiger partial charge in [0.15, 0.2) is 0 Å². The van der Waals surface area contributed by atoms with Gasteiger partial charge >= 0.3 is 12.2 Å². The van der Waals surface area contributed by atoms with Crippen LogP contribution in [0.25, 0.3) is 0 Å². The second-order valence-corrected chi connectivity index (χ2v) is 12.6. The number of para-hydroxylation sites is 1. The molecule has 264 valence electrons. The molecule has 4 aromatic carbocycles. The molecule has 50 heavy (non-hydrogen) atoms. The van der Waals surface area contributed by atoms with Crippen LogP contribution in [-0.2, 0) is 23.9 Å². The number of nitrogens with zero attached hydrogens (tertiary/aromatic N) is 2. The standard InChI is InChI=1S/C38H41F3N4O5/c1-25-21-45(26(2)24-46)36(47)20-28-19-31(43-37(48)42-30-13-11-29(12-14-30)38(39,40)41)15-18-34(28)50-35(25)23-44(3)22-27-9-16-33(17-10-27)49-32-7-5-4-6-8-32/h4-19,25-26,35,46H,20-24H2,1-3H3,(H2,42,43,48)/t25-,26-,35+/m1/s1. The van der Waals surface area contributed by atoms with Crippen LogP contribution in [0.1, 0.15) is 30.5 Å². The van der Waals surface area contributed by atoms with Crippen LogP contribution in [0.5, 0.6) is 17.2 Å². The average Bonchev–Trinajstić information content (AvgIpc) is 3.12. The molecule has 0 aromatic heterocycles. The fourth-order valence-corrected chi connectivity index (χ4v) is 5.73. The number of hydrogen-bond acceptors (Lipinski definition) is 6. The smallest absolute Gasteiger partial charge is 0.416 e. The third kappa shape index (κ3) is 9.76. The summed E-state index contributed by atoms with van der Waals surface area (Å²) in [5.74, 6) is 1.70. The van der Waals surface area contributed by atoms with Crippen LogP contribution in [-0.4, -0.2) is 65.7 Å². The van der Waals surface area contributed by atoms with Crippen LogP contribution < -0.4 is 20.1 Å². The fraction of sp³-hybridized carbons (Fsp3) is 0.316. The normalized spacial score (nSPS) is 17.1. The number of likely N-dealkylation sites (N-methyl/N-ethyl adjacent to an activating group) is 1. The number of carbonyl (C=O) groups excluding carboxylic acids is 2. The molecule has 12 heteroatoms. The first-order chi connectivity index (χ1) is 23.9. The number of aliphatic hydroxyl groups excluding tert-OH is 1. The molecule has 0 saturated carbocycles. The molecule has 3 N–H and O–H groups in total. The van der Waals surface area contributed by atoms with E-state index < -0.39 is 23.8 Å². The zero-order valence-corrected chi connectivity index (χ0v) is 28.1. The van der Waals surface area contributed by atoms with Crippen molar-refractivity contribution in [2.24, 2.45) is 5.92 Å². The van der Waals surface area contributed by atoms with E-state index in [-0.39, 0.29) is 36.6 Å². The number of fused-ring (bicyclic) bond motifs is 1. The van der Waals surface area contributed by atoms with Crippen LogP contribution in [0.4, 0.5) is 29.3 Å². The summed E-state index contributed by atoms with van der Waals surface area (Å²) in [5, 5.41) is 15.2. The van der Waals surface area contributed by atoms with E-state index in [9.17, 15) is 27.9 Å². The number of carbonyl (C=O) groups is 2. The third-order valence-corrected chi connectivity index (χ3v) is 8.49. The van der Waals surface area contributed by atoms with Gasteiger partial charge in [0.25, 0.3) is 0 Å². The van der Waals surface area contributed by atoms with Crippen molar-refractivity contribution in [3.05, 3.63) is 114 Å². The highest BCUT2D eigenvalue weighted by molar-refractivity contribution is 6.00. The van der Waals surface area contributed by atoms with Gasteiger partial charge in [0.2, 0.25) is 5.91 Å². The lowest BCUT2D eigenvalue weighted by Gasteiger charge is -2.34. The number of halogens is 3. The lowest BCUT2D eigenvalue weighted by molar-refractivity contribution is -0.137. The summed E-state index contributed by atoms with van der Waals surface area (Å²) >= 11 is 0. The quantitative estimate of drug-likeness (QED) is 0.160. The van der Waals surface area contributed by atoms with Crippen LogP contribution in [0.15, 0.2) is 97.1 Å². The molecular weight excluding hydrogens is 649 g/mol. The maximum atomic E-state index is 13.6. The average molecular weight is 691 g/mol. The Morgan fingerprint density at radius 1 is 0.980 bits per heavy atom. The Kier molecular flexibility index (Phi) is 11.7. The Labute approximate surface area is 289 Å². The van der Waals surface area contributed by atoms with E-state index in [0.717, 1.165) is 29.2 Å². The number of alkyl halides is 3. The second-order valence-electron chi connectivity index (χ2n) is 12.6. The molecule has 3 amide bonds. The van der Waals surface area contributed by atoms with Crippen molar-refractivity contribution in [1.29, 1.82) is 0 Å². The zero-order chi connectivity index (χ0) is 35.8. The highest BCUT2D eigenvalue weighted by Crippen LogP contribution is 2.31. The minimum absolute atomic E-state index is 0.0254. The third-order valence-electron chi connectivity index (χ3n) is 8.49. The summed E-state index contributed by atoms with van der Waals surface area (Å²) in [5.41, 5.74) is 1.36. The van der Waals surface area contributed by atoms with E-state index in [1.807, 2.05) is 68.6 Å². The monoisotopic (exact) mass is 690 g/mol. The van der Waals surface area contributed by atoms with Gasteiger partial charge in [0, 0.05) is 42.5 Å². The van der Waals surface area contributed by atoms with Gasteiger partial charge < -0.3 is 30.1 Å². The van der Waals surface area contributed by atoms with Gasteiger partial charge in [-0.3, -0.25) is 9.69 Å². The van der Waals surface area contributed by atoms with Gasteiger partial charge in [-0.25, -0.2) is 4.79 Å². The van der Waals surface area contributed by atoms with Gasteiger partial charge in [-0.1, -0.05) is 37.3 Å². The summed E-state index contributed by atoms with van der Waals surface area (Å²) < 4.78 is 51.3. The van der Waals surface area contributed by atoms with E-state index in [1.54, 1.807) is 30.0 Å². The van der Waals surface area contributed by atoms with Crippen molar-refractivity contribution in [2.45, 2.75) is 45.1 Å². The lowest BCUT2D eigenvalue weighted by Crippen LogP contribution is -2.47. The predicted octanol–water partition coefficient (Wildman–Crippen LogP) is 7.42. The number of benzene rings is 4. The Hall–Kier alpha value is -5.07. The molecule has 1 aliphatic rings. The molecule has 0 bridgehead atoms. The van der Waals surface area contributed by atoms with E-state index in [2.05, 4.69) is 15.5 Å². The first kappa shape index (κ1) is 36.2. The number of aliphatic hydroxyl groups is 1. The van der Waals surface area contributed by atoms with Gasteiger partial charge in [-0.05, 0) is 86.3 Å². The molecule has 0 spiro atoms. The van der Waals surface area contributed by atoms with E-state index in [0.29, 0.717) is 36.6 Å². The van der Waals surface area contributed by atoms with E-state index in [1.165, 1.54) is 12.1 Å². The Morgan fingerprint density at radius 2 is 1.62 bits per heavy atom. The summed E-state index contributed by atoms with van der Waals surface area (Å²) in [7, 11) is 2.00. The molecule has 4 aromatic rings. The van der Waals surface area contributed by atoms with Crippen molar-refractivity contribution < 1.29 is 37.3 Å². The molecule has 0 saturated heterocycles. The number of anilines is 2. The molecule has 0 unspecified atom stereocenters. The van der Waals surface area contributed by atoms with Crippen molar-refractivity contribution >= 4 is 23.3 Å². The number of urea groups is 1. The van der Waals surface area contributed by atoms with Gasteiger partial charge in [0.05, 0.1) is 24.6 Å². The van der Waals surface area contributed by atoms with Gasteiger partial charge in [-0.2, -0.15) is 13.2 Å². The van der Waals surface area contributed by atoms with Crippen LogP contribution in [0, 0.1) is 5.92 Å². The summed E-state index contributed by atoms with van der Waals surface area (Å²) in [6.45, 7) is 5.16. The van der Waals surface area contributed by atoms with Crippen LogP contribution in [0.3, 0.4) is 0 Å². The first-order valence-corrected chi connectivity index (χ1v) is 16.3. The number of amides is 3. The number of rotatable bonds is 10. The minimum atomic E-state index is -4.48. The molecule has 1 aliphatic heterocycles. The molecule has 3 atom stereocenters. The molecule has 0 fully saturated rings. The molecule has 0 aliphatic carbocycles. The second kappa shape index (κ2) is 16.1. The Bertz CT molecular complexity index is 1740. The first-order valence-electron chi connectivity index (χ1n) is 16.3. The van der Waals surface area contributed by atoms with Crippen LogP contribution >= 0.6 is 0 Å². The Balaban J connectivity index is 1.29. The summed E-state index contributed by atoms with van der Waals surface area (Å²) in [4.78, 5) is 30.1. The van der Waals surface area contributed by atoms with Crippen molar-refractivity contribution in [2.75, 3.05) is 37.4 Å². The predicted molar refractivity (Wildman–Crippen MR) is 185 cm³/mol.